The zero-order chi connectivity index (χ0) is 24.6. The van der Waals surface area contributed by atoms with E-state index in [9.17, 15) is 19.6 Å². The second-order valence-electron chi connectivity index (χ2n) is 11.2. The Morgan fingerprint density at radius 1 is 1.24 bits per heavy atom. The molecule has 9 nitrogen and oxygen atoms in total. The molecule has 9 unspecified atom stereocenters. The molecule has 4 fully saturated rings. The van der Waals surface area contributed by atoms with Crippen molar-refractivity contribution < 1.29 is 24.2 Å². The van der Waals surface area contributed by atoms with Gasteiger partial charge in [-0.1, -0.05) is 19.8 Å². The molecule has 4 rings (SSSR count). The normalized spacial score (nSPS) is 38.1. The first-order valence-corrected chi connectivity index (χ1v) is 12.8. The van der Waals surface area contributed by atoms with Crippen LogP contribution in [0.5, 0.6) is 0 Å². The minimum Gasteiger partial charge on any atom is -0.481 e. The van der Waals surface area contributed by atoms with Gasteiger partial charge in [0, 0.05) is 6.04 Å². The van der Waals surface area contributed by atoms with Gasteiger partial charge in [0.25, 0.3) is 0 Å². The number of nitrogens with zero attached hydrogens (tertiary/aromatic N) is 2. The number of likely N-dealkylation sites (tertiary alicyclic amines) is 1. The predicted octanol–water partition coefficient (Wildman–Crippen LogP) is 1.78. The molecule has 1 heterocycles. The zero-order valence-corrected chi connectivity index (χ0v) is 20.0. The molecule has 0 radical (unpaired) electrons. The van der Waals surface area contributed by atoms with Crippen molar-refractivity contribution in [1.29, 1.82) is 5.26 Å². The van der Waals surface area contributed by atoms with E-state index < -0.39 is 30.4 Å². The van der Waals surface area contributed by atoms with Crippen molar-refractivity contribution in [3.05, 3.63) is 0 Å². The third-order valence-corrected chi connectivity index (χ3v) is 9.16. The summed E-state index contributed by atoms with van der Waals surface area (Å²) in [7, 11) is 0. The smallest absolute Gasteiger partial charge is 0.323 e. The molecule has 0 aromatic heterocycles. The summed E-state index contributed by atoms with van der Waals surface area (Å²) in [6.45, 7) is 2.38. The summed E-state index contributed by atoms with van der Waals surface area (Å²) in [5.74, 6) is -0.0824. The summed E-state index contributed by atoms with van der Waals surface area (Å²) in [4.78, 5) is 38.1. The van der Waals surface area contributed by atoms with Crippen molar-refractivity contribution in [2.75, 3.05) is 6.61 Å². The van der Waals surface area contributed by atoms with E-state index >= 15 is 0 Å². The highest BCUT2D eigenvalue weighted by Gasteiger charge is 2.61. The Hall–Kier alpha value is -2.18. The van der Waals surface area contributed by atoms with E-state index in [0.717, 1.165) is 51.4 Å². The van der Waals surface area contributed by atoms with Gasteiger partial charge in [0.05, 0.1) is 25.1 Å². The maximum absolute atomic E-state index is 13.6. The topological polar surface area (TPSA) is 160 Å². The molecule has 9 heteroatoms. The number of nitrogens with two attached hydrogens (primary N) is 2. The van der Waals surface area contributed by atoms with Crippen molar-refractivity contribution in [3.63, 3.8) is 0 Å². The Morgan fingerprint density at radius 2 is 2.00 bits per heavy atom. The Bertz CT molecular complexity index is 859. The molecule has 0 aromatic carbocycles. The van der Waals surface area contributed by atoms with Crippen LogP contribution < -0.4 is 11.5 Å². The molecule has 4 aliphatic rings. The molecule has 1 aliphatic heterocycles. The number of esters is 1. The summed E-state index contributed by atoms with van der Waals surface area (Å²) in [6, 6.07) is 0.434. The molecule has 0 aromatic rings. The monoisotopic (exact) mass is 474 g/mol. The van der Waals surface area contributed by atoms with Crippen LogP contribution in [0, 0.1) is 40.4 Å². The van der Waals surface area contributed by atoms with E-state index in [2.05, 4.69) is 13.0 Å². The number of aliphatic carboxylic acids is 1. The van der Waals surface area contributed by atoms with E-state index in [4.69, 9.17) is 21.3 Å². The molecular formula is C25H38N4O5. The number of carboxylic acid groups (broad SMARTS) is 1. The number of amides is 1. The van der Waals surface area contributed by atoms with Gasteiger partial charge in [0.2, 0.25) is 5.91 Å². The summed E-state index contributed by atoms with van der Waals surface area (Å²) >= 11 is 0. The van der Waals surface area contributed by atoms with Gasteiger partial charge in [-0.3, -0.25) is 14.4 Å². The lowest BCUT2D eigenvalue weighted by Crippen LogP contribution is -2.56. The average molecular weight is 475 g/mol. The predicted molar refractivity (Wildman–Crippen MR) is 123 cm³/mol. The lowest BCUT2D eigenvalue weighted by molar-refractivity contribution is -0.149. The van der Waals surface area contributed by atoms with Crippen molar-refractivity contribution in [3.8, 4) is 6.07 Å². The Balaban J connectivity index is 1.36. The van der Waals surface area contributed by atoms with Crippen molar-refractivity contribution in [2.45, 2.75) is 95.3 Å². The molecule has 9 atom stereocenters. The van der Waals surface area contributed by atoms with E-state index in [0.29, 0.717) is 30.1 Å². The summed E-state index contributed by atoms with van der Waals surface area (Å²) in [5, 5.41) is 18.4. The number of fused-ring (bicyclic) bond motifs is 3. The highest BCUT2D eigenvalue weighted by atomic mass is 16.5. The van der Waals surface area contributed by atoms with Gasteiger partial charge >= 0.3 is 11.9 Å². The third-order valence-electron chi connectivity index (χ3n) is 9.16. The molecule has 1 amide bonds. The fourth-order valence-electron chi connectivity index (χ4n) is 7.19. The third kappa shape index (κ3) is 4.80. The van der Waals surface area contributed by atoms with Gasteiger partial charge in [-0.25, -0.2) is 0 Å². The standard InChI is InChI=1S/C25H38N4O5/c1-14-18-10-17(13-26)29(21(14)18)23(32)22(28)25-6-2-3-16(12-25)9-15(4-7-25)5-8-34-24(33)19(27)11-20(30)31/h14-19,21-22H,2-12,27-28H2,1H3,(H,30,31). The van der Waals surface area contributed by atoms with E-state index in [1.807, 2.05) is 4.90 Å². The van der Waals surface area contributed by atoms with Crippen LogP contribution in [-0.2, 0) is 19.1 Å². The first kappa shape index (κ1) is 24.9. The minimum atomic E-state index is -1.14. The zero-order valence-electron chi connectivity index (χ0n) is 20.0. The first-order valence-electron chi connectivity index (χ1n) is 12.8. The number of hydrogen-bond acceptors (Lipinski definition) is 7. The van der Waals surface area contributed by atoms with Crippen molar-refractivity contribution in [2.24, 2.45) is 40.6 Å². The fraction of sp³-hybridized carbons (Fsp3) is 0.840. The van der Waals surface area contributed by atoms with Gasteiger partial charge in [-0.05, 0) is 74.0 Å². The molecule has 0 spiro atoms. The molecule has 3 aliphatic carbocycles. The largest absolute Gasteiger partial charge is 0.481 e. The lowest BCUT2D eigenvalue weighted by Gasteiger charge is -2.44. The molecule has 34 heavy (non-hydrogen) atoms. The van der Waals surface area contributed by atoms with E-state index in [1.165, 1.54) is 0 Å². The number of carbonyl (C=O) groups excluding carboxylic acids is 2. The highest BCUT2D eigenvalue weighted by Crippen LogP contribution is 2.55. The summed E-state index contributed by atoms with van der Waals surface area (Å²) in [5.41, 5.74) is 12.1. The van der Waals surface area contributed by atoms with Crippen LogP contribution in [0.15, 0.2) is 0 Å². The van der Waals surface area contributed by atoms with Gasteiger partial charge in [0.15, 0.2) is 0 Å². The number of rotatable bonds is 8. The van der Waals surface area contributed by atoms with Crippen molar-refractivity contribution >= 4 is 17.8 Å². The molecule has 2 bridgehead atoms. The second-order valence-corrected chi connectivity index (χ2v) is 11.2. The fourth-order valence-corrected chi connectivity index (χ4v) is 7.19. The Morgan fingerprint density at radius 3 is 2.71 bits per heavy atom. The average Bonchev–Trinajstić information content (AvgIpc) is 3.28. The Labute approximate surface area is 201 Å². The summed E-state index contributed by atoms with van der Waals surface area (Å²) < 4.78 is 5.25. The van der Waals surface area contributed by atoms with Crippen LogP contribution in [0.2, 0.25) is 0 Å². The number of carboxylic acids is 1. The number of carbonyl (C=O) groups is 3. The van der Waals surface area contributed by atoms with Crippen LogP contribution in [0.25, 0.3) is 0 Å². The molecule has 188 valence electrons. The van der Waals surface area contributed by atoms with Gasteiger partial charge < -0.3 is 26.2 Å². The lowest BCUT2D eigenvalue weighted by atomic mass is 9.64. The Kier molecular flexibility index (Phi) is 7.20. The number of nitriles is 1. The maximum atomic E-state index is 13.6. The van der Waals surface area contributed by atoms with E-state index in [-0.39, 0.29) is 30.0 Å². The van der Waals surface area contributed by atoms with Crippen LogP contribution in [0.3, 0.4) is 0 Å². The molecule has 1 saturated heterocycles. The molecular weight excluding hydrogens is 436 g/mol. The number of hydrogen-bond donors (Lipinski definition) is 3. The number of ether oxygens (including phenoxy) is 1. The highest BCUT2D eigenvalue weighted by molar-refractivity contribution is 5.84. The number of piperidine rings is 1. The van der Waals surface area contributed by atoms with Crippen LogP contribution in [-0.4, -0.2) is 58.6 Å². The van der Waals surface area contributed by atoms with Crippen molar-refractivity contribution in [1.82, 2.24) is 4.90 Å². The summed E-state index contributed by atoms with van der Waals surface area (Å²) in [6.07, 6.45) is 7.89. The van der Waals surface area contributed by atoms with E-state index in [1.54, 1.807) is 0 Å². The van der Waals surface area contributed by atoms with Crippen LogP contribution >= 0.6 is 0 Å². The maximum Gasteiger partial charge on any atom is 0.323 e. The van der Waals surface area contributed by atoms with Crippen LogP contribution in [0.1, 0.15) is 71.1 Å². The van der Waals surface area contributed by atoms with Crippen LogP contribution in [0.4, 0.5) is 0 Å². The SMILES string of the molecule is CC1C2CC(C#N)N(C(=O)C(N)C34CCCC(CC(CCOC(=O)C(N)CC(=O)O)CC3)C4)C12. The molecule has 5 N–H and O–H groups in total. The van der Waals surface area contributed by atoms with Gasteiger partial charge in [-0.2, -0.15) is 5.26 Å². The quantitative estimate of drug-likeness (QED) is 0.449. The van der Waals surface area contributed by atoms with Gasteiger partial charge in [-0.15, -0.1) is 0 Å². The molecule has 3 saturated carbocycles. The first-order chi connectivity index (χ1) is 16.2. The second kappa shape index (κ2) is 9.82. The van der Waals surface area contributed by atoms with Gasteiger partial charge in [0.1, 0.15) is 12.1 Å². The minimum absolute atomic E-state index is 0.0381.